The molecular weight excluding hydrogens is 356 g/mol. The molecule has 0 saturated heterocycles. The smallest absolute Gasteiger partial charge is 0.156 e. The van der Waals surface area contributed by atoms with Crippen LogP contribution in [0, 0.1) is 0 Å². The molecule has 0 bridgehead atoms. The highest BCUT2D eigenvalue weighted by molar-refractivity contribution is 6.30. The van der Waals surface area contributed by atoms with Crippen LogP contribution in [0.3, 0.4) is 0 Å². The first kappa shape index (κ1) is 17.7. The number of rotatable bonds is 6. The van der Waals surface area contributed by atoms with Gasteiger partial charge in [-0.3, -0.25) is 0 Å². The molecule has 1 N–H and O–H groups in total. The lowest BCUT2D eigenvalue weighted by Crippen LogP contribution is -2.10. The molecule has 4 aromatic rings. The topological polar surface area (TPSA) is 42.2 Å². The standard InChI is InChI=1S/C22H21ClN4/c1-24-13-5-8-19-14-20(17-9-11-18(23)12-10-17)25-22-15-21(26-27(19)22)16-6-3-2-4-7-16/h2-4,6-7,9-12,14-15,24H,5,8,13H2,1H3. The van der Waals surface area contributed by atoms with Crippen molar-refractivity contribution in [3.05, 3.63) is 77.4 Å². The second kappa shape index (κ2) is 7.91. The molecule has 2 aromatic carbocycles. The summed E-state index contributed by atoms with van der Waals surface area (Å²) in [6, 6.07) is 22.2. The van der Waals surface area contributed by atoms with E-state index in [2.05, 4.69) is 29.6 Å². The number of benzene rings is 2. The number of hydrogen-bond donors (Lipinski definition) is 1. The SMILES string of the molecule is CNCCCc1cc(-c2ccc(Cl)cc2)nc2cc(-c3ccccc3)nn12. The van der Waals surface area contributed by atoms with Gasteiger partial charge < -0.3 is 5.32 Å². The van der Waals surface area contributed by atoms with Gasteiger partial charge in [0.15, 0.2) is 5.65 Å². The zero-order valence-corrected chi connectivity index (χ0v) is 15.9. The molecule has 0 unspecified atom stereocenters. The summed E-state index contributed by atoms with van der Waals surface area (Å²) in [4.78, 5) is 4.85. The minimum atomic E-state index is 0.727. The maximum Gasteiger partial charge on any atom is 0.156 e. The first-order chi connectivity index (χ1) is 13.2. The Bertz CT molecular complexity index is 1040. The predicted octanol–water partition coefficient (Wildman–Crippen LogP) is 4.87. The van der Waals surface area contributed by atoms with Crippen LogP contribution in [0.1, 0.15) is 12.1 Å². The Morgan fingerprint density at radius 3 is 2.41 bits per heavy atom. The predicted molar refractivity (Wildman–Crippen MR) is 111 cm³/mol. The van der Waals surface area contributed by atoms with Crippen LogP contribution in [-0.4, -0.2) is 28.2 Å². The van der Waals surface area contributed by atoms with E-state index in [1.807, 2.05) is 54.0 Å². The number of aryl methyl sites for hydroxylation is 1. The molecular formula is C22H21ClN4. The number of nitrogens with one attached hydrogen (secondary N) is 1. The molecule has 27 heavy (non-hydrogen) atoms. The number of halogens is 1. The molecule has 2 aromatic heterocycles. The molecule has 0 saturated carbocycles. The molecule has 4 rings (SSSR count). The van der Waals surface area contributed by atoms with E-state index in [0.29, 0.717) is 0 Å². The van der Waals surface area contributed by atoms with Crippen LogP contribution in [0.4, 0.5) is 0 Å². The highest BCUT2D eigenvalue weighted by Crippen LogP contribution is 2.25. The molecule has 136 valence electrons. The van der Waals surface area contributed by atoms with Gasteiger partial charge in [0.25, 0.3) is 0 Å². The van der Waals surface area contributed by atoms with Crippen molar-refractivity contribution in [1.82, 2.24) is 19.9 Å². The van der Waals surface area contributed by atoms with E-state index in [9.17, 15) is 0 Å². The molecule has 0 spiro atoms. The van der Waals surface area contributed by atoms with Gasteiger partial charge in [0.05, 0.1) is 11.4 Å². The minimum absolute atomic E-state index is 0.727. The first-order valence-electron chi connectivity index (χ1n) is 9.10. The van der Waals surface area contributed by atoms with Crippen LogP contribution >= 0.6 is 11.6 Å². The fourth-order valence-corrected chi connectivity index (χ4v) is 3.31. The van der Waals surface area contributed by atoms with E-state index in [1.165, 1.54) is 0 Å². The molecule has 4 nitrogen and oxygen atoms in total. The van der Waals surface area contributed by atoms with Crippen molar-refractivity contribution in [3.63, 3.8) is 0 Å². The van der Waals surface area contributed by atoms with Crippen molar-refractivity contribution >= 4 is 17.2 Å². The van der Waals surface area contributed by atoms with Crippen LogP contribution in [0.2, 0.25) is 5.02 Å². The summed E-state index contributed by atoms with van der Waals surface area (Å²) in [5.41, 5.74) is 6.05. The quantitative estimate of drug-likeness (QED) is 0.488. The van der Waals surface area contributed by atoms with Gasteiger partial charge in [-0.15, -0.1) is 0 Å². The van der Waals surface area contributed by atoms with Crippen LogP contribution in [-0.2, 0) is 6.42 Å². The minimum Gasteiger partial charge on any atom is -0.320 e. The number of aromatic nitrogens is 3. The van der Waals surface area contributed by atoms with E-state index in [-0.39, 0.29) is 0 Å². The molecule has 5 heteroatoms. The van der Waals surface area contributed by atoms with Gasteiger partial charge in [-0.1, -0.05) is 54.1 Å². The zero-order valence-electron chi connectivity index (χ0n) is 15.2. The van der Waals surface area contributed by atoms with Gasteiger partial charge in [0.1, 0.15) is 0 Å². The number of nitrogens with zero attached hydrogens (tertiary/aromatic N) is 3. The van der Waals surface area contributed by atoms with Gasteiger partial charge in [0, 0.05) is 27.9 Å². The van der Waals surface area contributed by atoms with Gasteiger partial charge in [-0.05, 0) is 44.6 Å². The van der Waals surface area contributed by atoms with Crippen molar-refractivity contribution in [2.45, 2.75) is 12.8 Å². The molecule has 0 amide bonds. The summed E-state index contributed by atoms with van der Waals surface area (Å²) >= 11 is 6.04. The van der Waals surface area contributed by atoms with Crippen LogP contribution in [0.15, 0.2) is 66.7 Å². The van der Waals surface area contributed by atoms with Crippen molar-refractivity contribution in [2.24, 2.45) is 0 Å². The molecule has 0 atom stereocenters. The second-order valence-electron chi connectivity index (χ2n) is 6.51. The maximum absolute atomic E-state index is 6.04. The fraction of sp³-hybridized carbons (Fsp3) is 0.182. The Kier molecular flexibility index (Phi) is 5.19. The van der Waals surface area contributed by atoms with Crippen molar-refractivity contribution in [3.8, 4) is 22.5 Å². The largest absolute Gasteiger partial charge is 0.320 e. The monoisotopic (exact) mass is 376 g/mol. The van der Waals surface area contributed by atoms with Gasteiger partial charge >= 0.3 is 0 Å². The molecule has 0 aliphatic rings. The van der Waals surface area contributed by atoms with E-state index >= 15 is 0 Å². The lowest BCUT2D eigenvalue weighted by Gasteiger charge is -2.08. The Balaban J connectivity index is 1.82. The van der Waals surface area contributed by atoms with Gasteiger partial charge in [-0.2, -0.15) is 5.10 Å². The normalized spacial score (nSPS) is 11.2. The highest BCUT2D eigenvalue weighted by Gasteiger charge is 2.12. The van der Waals surface area contributed by atoms with E-state index in [4.69, 9.17) is 21.7 Å². The summed E-state index contributed by atoms with van der Waals surface area (Å²) in [7, 11) is 1.97. The summed E-state index contributed by atoms with van der Waals surface area (Å²) in [6.07, 6.45) is 1.96. The molecule has 2 heterocycles. The Morgan fingerprint density at radius 1 is 0.926 bits per heavy atom. The Hall–Kier alpha value is -2.69. The molecule has 0 fully saturated rings. The van der Waals surface area contributed by atoms with E-state index in [0.717, 1.165) is 58.3 Å². The Morgan fingerprint density at radius 2 is 1.67 bits per heavy atom. The average molecular weight is 377 g/mol. The average Bonchev–Trinajstić information content (AvgIpc) is 3.14. The van der Waals surface area contributed by atoms with Crippen LogP contribution in [0.5, 0.6) is 0 Å². The van der Waals surface area contributed by atoms with E-state index in [1.54, 1.807) is 0 Å². The maximum atomic E-state index is 6.04. The number of hydrogen-bond acceptors (Lipinski definition) is 3. The third-order valence-electron chi connectivity index (χ3n) is 4.57. The first-order valence-corrected chi connectivity index (χ1v) is 9.48. The summed E-state index contributed by atoms with van der Waals surface area (Å²) in [5.74, 6) is 0. The van der Waals surface area contributed by atoms with Crippen molar-refractivity contribution in [2.75, 3.05) is 13.6 Å². The van der Waals surface area contributed by atoms with Crippen LogP contribution < -0.4 is 5.32 Å². The summed E-state index contributed by atoms with van der Waals surface area (Å²) in [6.45, 7) is 0.965. The third-order valence-corrected chi connectivity index (χ3v) is 4.82. The van der Waals surface area contributed by atoms with Crippen molar-refractivity contribution in [1.29, 1.82) is 0 Å². The van der Waals surface area contributed by atoms with Crippen molar-refractivity contribution < 1.29 is 0 Å². The fourth-order valence-electron chi connectivity index (χ4n) is 3.18. The van der Waals surface area contributed by atoms with Crippen LogP contribution in [0.25, 0.3) is 28.2 Å². The lowest BCUT2D eigenvalue weighted by molar-refractivity contribution is 0.698. The molecule has 0 radical (unpaired) electrons. The third kappa shape index (κ3) is 3.87. The summed E-state index contributed by atoms with van der Waals surface area (Å²) < 4.78 is 1.97. The molecule has 0 aliphatic heterocycles. The Labute approximate surface area is 163 Å². The van der Waals surface area contributed by atoms with Gasteiger partial charge in [0.2, 0.25) is 0 Å². The highest BCUT2D eigenvalue weighted by atomic mass is 35.5. The number of fused-ring (bicyclic) bond motifs is 1. The van der Waals surface area contributed by atoms with E-state index < -0.39 is 0 Å². The lowest BCUT2D eigenvalue weighted by atomic mass is 10.1. The second-order valence-corrected chi connectivity index (χ2v) is 6.95. The summed E-state index contributed by atoms with van der Waals surface area (Å²) in [5, 5.41) is 8.76. The zero-order chi connectivity index (χ0) is 18.6. The molecule has 0 aliphatic carbocycles. The van der Waals surface area contributed by atoms with Gasteiger partial charge in [-0.25, -0.2) is 9.50 Å².